The van der Waals surface area contributed by atoms with Crippen molar-refractivity contribution in [2.75, 3.05) is 0 Å². The first-order valence-corrected chi connectivity index (χ1v) is 5.37. The van der Waals surface area contributed by atoms with Crippen molar-refractivity contribution in [1.29, 1.82) is 0 Å². The van der Waals surface area contributed by atoms with Gasteiger partial charge in [-0.25, -0.2) is 4.39 Å². The zero-order chi connectivity index (χ0) is 12.6. The van der Waals surface area contributed by atoms with Crippen molar-refractivity contribution in [3.8, 4) is 0 Å². The molecule has 0 aliphatic rings. The maximum Gasteiger partial charge on any atom is 0.231 e. The van der Waals surface area contributed by atoms with Gasteiger partial charge in [-0.1, -0.05) is 6.07 Å². The number of hydrogen-bond acceptors (Lipinski definition) is 2. The Labute approximate surface area is 99.1 Å². The van der Waals surface area contributed by atoms with Crippen LogP contribution < -0.4 is 0 Å². The zero-order valence-corrected chi connectivity index (χ0v) is 10.0. The fraction of sp³-hybridized carbons (Fsp3) is 0.214. The number of ketones is 1. The van der Waals surface area contributed by atoms with E-state index in [1.807, 2.05) is 0 Å². The summed E-state index contributed by atoms with van der Waals surface area (Å²) in [6.45, 7) is 5.26. The van der Waals surface area contributed by atoms with Gasteiger partial charge in [0.05, 0.1) is 5.56 Å². The molecule has 0 amide bonds. The van der Waals surface area contributed by atoms with Gasteiger partial charge in [0.1, 0.15) is 11.6 Å². The summed E-state index contributed by atoms with van der Waals surface area (Å²) in [4.78, 5) is 12.1. The number of carbonyl (C=O) groups is 1. The van der Waals surface area contributed by atoms with Crippen molar-refractivity contribution >= 4 is 5.78 Å². The second-order valence-corrected chi connectivity index (χ2v) is 4.18. The van der Waals surface area contributed by atoms with Crippen LogP contribution in [0, 0.1) is 26.6 Å². The van der Waals surface area contributed by atoms with Crippen LogP contribution in [0.5, 0.6) is 0 Å². The average molecular weight is 232 g/mol. The Morgan fingerprint density at radius 1 is 1.18 bits per heavy atom. The van der Waals surface area contributed by atoms with E-state index in [0.29, 0.717) is 11.3 Å². The fourth-order valence-corrected chi connectivity index (χ4v) is 1.88. The SMILES string of the molecule is Cc1cc(C)c(C(=O)c2ccc(C)o2)c(F)c1. The fourth-order valence-electron chi connectivity index (χ4n) is 1.88. The number of hydrogen-bond donors (Lipinski definition) is 0. The van der Waals surface area contributed by atoms with Crippen molar-refractivity contribution < 1.29 is 13.6 Å². The van der Waals surface area contributed by atoms with E-state index in [-0.39, 0.29) is 11.3 Å². The van der Waals surface area contributed by atoms with Crippen LogP contribution >= 0.6 is 0 Å². The van der Waals surface area contributed by atoms with Gasteiger partial charge < -0.3 is 4.42 Å². The molecule has 17 heavy (non-hydrogen) atoms. The van der Waals surface area contributed by atoms with E-state index < -0.39 is 11.6 Å². The van der Waals surface area contributed by atoms with E-state index in [4.69, 9.17) is 4.42 Å². The van der Waals surface area contributed by atoms with Gasteiger partial charge in [-0.05, 0) is 50.1 Å². The van der Waals surface area contributed by atoms with Gasteiger partial charge in [0, 0.05) is 0 Å². The molecule has 2 nitrogen and oxygen atoms in total. The first-order valence-electron chi connectivity index (χ1n) is 5.37. The molecular formula is C14H13FO2. The smallest absolute Gasteiger partial charge is 0.231 e. The summed E-state index contributed by atoms with van der Waals surface area (Å²) in [7, 11) is 0. The Morgan fingerprint density at radius 2 is 1.88 bits per heavy atom. The Balaban J connectivity index is 2.51. The number of halogens is 1. The van der Waals surface area contributed by atoms with Crippen LogP contribution in [0.15, 0.2) is 28.7 Å². The lowest BCUT2D eigenvalue weighted by Crippen LogP contribution is -2.06. The standard InChI is InChI=1S/C14H13FO2/c1-8-6-9(2)13(11(15)7-8)14(16)12-5-4-10(3)17-12/h4-7H,1-3H3. The van der Waals surface area contributed by atoms with E-state index in [9.17, 15) is 9.18 Å². The first kappa shape index (κ1) is 11.6. The predicted octanol–water partition coefficient (Wildman–Crippen LogP) is 3.57. The van der Waals surface area contributed by atoms with Gasteiger partial charge in [0.2, 0.25) is 5.78 Å². The number of benzene rings is 1. The van der Waals surface area contributed by atoms with Crippen molar-refractivity contribution in [1.82, 2.24) is 0 Å². The van der Waals surface area contributed by atoms with Crippen LogP contribution in [0.1, 0.15) is 33.0 Å². The quantitative estimate of drug-likeness (QED) is 0.741. The van der Waals surface area contributed by atoms with Gasteiger partial charge in [0.15, 0.2) is 5.76 Å². The Hall–Kier alpha value is -1.90. The lowest BCUT2D eigenvalue weighted by atomic mass is 10.0. The largest absolute Gasteiger partial charge is 0.458 e. The predicted molar refractivity (Wildman–Crippen MR) is 62.8 cm³/mol. The summed E-state index contributed by atoms with van der Waals surface area (Å²) in [5.41, 5.74) is 1.51. The summed E-state index contributed by atoms with van der Waals surface area (Å²) in [5.74, 6) is -0.0958. The maximum absolute atomic E-state index is 13.8. The summed E-state index contributed by atoms with van der Waals surface area (Å²) in [5, 5.41) is 0. The van der Waals surface area contributed by atoms with Gasteiger partial charge in [0.25, 0.3) is 0 Å². The van der Waals surface area contributed by atoms with Crippen LogP contribution in [0.3, 0.4) is 0 Å². The second kappa shape index (κ2) is 4.17. The minimum atomic E-state index is -0.499. The molecule has 0 fully saturated rings. The number of carbonyl (C=O) groups excluding carboxylic acids is 1. The summed E-state index contributed by atoms with van der Waals surface area (Å²) in [6, 6.07) is 6.40. The van der Waals surface area contributed by atoms with Gasteiger partial charge in [-0.3, -0.25) is 4.79 Å². The van der Waals surface area contributed by atoms with Crippen molar-refractivity contribution in [2.24, 2.45) is 0 Å². The Bertz CT molecular complexity index is 559. The second-order valence-electron chi connectivity index (χ2n) is 4.18. The van der Waals surface area contributed by atoms with E-state index in [1.54, 1.807) is 39.0 Å². The highest BCUT2D eigenvalue weighted by Crippen LogP contribution is 2.20. The number of rotatable bonds is 2. The van der Waals surface area contributed by atoms with E-state index in [1.165, 1.54) is 6.07 Å². The first-order chi connectivity index (χ1) is 7.99. The van der Waals surface area contributed by atoms with Crippen LogP contribution in [0.2, 0.25) is 0 Å². The molecule has 0 aliphatic heterocycles. The minimum absolute atomic E-state index is 0.0879. The number of furan rings is 1. The molecule has 0 radical (unpaired) electrons. The summed E-state index contributed by atoms with van der Waals surface area (Å²) < 4.78 is 19.0. The minimum Gasteiger partial charge on any atom is -0.458 e. The van der Waals surface area contributed by atoms with Crippen LogP contribution in [0.25, 0.3) is 0 Å². The topological polar surface area (TPSA) is 30.2 Å². The monoisotopic (exact) mass is 232 g/mol. The van der Waals surface area contributed by atoms with Crippen LogP contribution in [-0.4, -0.2) is 5.78 Å². The third kappa shape index (κ3) is 2.13. The Kier molecular flexibility index (Phi) is 2.84. The molecule has 0 N–H and O–H groups in total. The summed E-state index contributed by atoms with van der Waals surface area (Å²) >= 11 is 0. The lowest BCUT2D eigenvalue weighted by molar-refractivity contribution is 0.100. The Morgan fingerprint density at radius 3 is 2.41 bits per heavy atom. The van der Waals surface area contributed by atoms with Gasteiger partial charge in [-0.15, -0.1) is 0 Å². The van der Waals surface area contributed by atoms with Crippen molar-refractivity contribution in [2.45, 2.75) is 20.8 Å². The highest BCUT2D eigenvalue weighted by Gasteiger charge is 2.19. The summed E-state index contributed by atoms with van der Waals surface area (Å²) in [6.07, 6.45) is 0. The molecule has 1 aromatic carbocycles. The molecule has 1 heterocycles. The molecule has 2 aromatic rings. The molecule has 0 saturated heterocycles. The van der Waals surface area contributed by atoms with E-state index >= 15 is 0 Å². The van der Waals surface area contributed by atoms with E-state index in [2.05, 4.69) is 0 Å². The molecular weight excluding hydrogens is 219 g/mol. The maximum atomic E-state index is 13.8. The van der Waals surface area contributed by atoms with E-state index in [0.717, 1.165) is 5.56 Å². The van der Waals surface area contributed by atoms with Gasteiger partial charge >= 0.3 is 0 Å². The normalized spacial score (nSPS) is 10.6. The average Bonchev–Trinajstić information content (AvgIpc) is 2.63. The zero-order valence-electron chi connectivity index (χ0n) is 10.0. The molecule has 1 aromatic heterocycles. The molecule has 0 saturated carbocycles. The third-order valence-electron chi connectivity index (χ3n) is 2.62. The molecule has 0 unspecified atom stereocenters. The van der Waals surface area contributed by atoms with Crippen LogP contribution in [-0.2, 0) is 0 Å². The molecule has 3 heteroatoms. The molecule has 88 valence electrons. The molecule has 0 atom stereocenters. The van der Waals surface area contributed by atoms with Crippen molar-refractivity contribution in [3.05, 3.63) is 58.3 Å². The molecule has 0 aliphatic carbocycles. The highest BCUT2D eigenvalue weighted by atomic mass is 19.1. The molecule has 0 spiro atoms. The number of aryl methyl sites for hydroxylation is 3. The molecule has 2 rings (SSSR count). The van der Waals surface area contributed by atoms with Gasteiger partial charge in [-0.2, -0.15) is 0 Å². The molecule has 0 bridgehead atoms. The van der Waals surface area contributed by atoms with Crippen LogP contribution in [0.4, 0.5) is 4.39 Å². The third-order valence-corrected chi connectivity index (χ3v) is 2.62. The highest BCUT2D eigenvalue weighted by molar-refractivity contribution is 6.08. The lowest BCUT2D eigenvalue weighted by Gasteiger charge is -2.06. The van der Waals surface area contributed by atoms with Crippen molar-refractivity contribution in [3.63, 3.8) is 0 Å².